The topological polar surface area (TPSA) is 163 Å². The lowest BCUT2D eigenvalue weighted by atomic mass is 9.91. The Bertz CT molecular complexity index is 1000. The summed E-state index contributed by atoms with van der Waals surface area (Å²) in [7, 11) is 0. The van der Waals surface area contributed by atoms with Gasteiger partial charge in [-0.25, -0.2) is 14.4 Å². The van der Waals surface area contributed by atoms with E-state index in [0.717, 1.165) is 37.7 Å². The molecule has 0 radical (unpaired) electrons. The largest absolute Gasteiger partial charge is 0.480 e. The Hall–Kier alpha value is -3.83. The van der Waals surface area contributed by atoms with Gasteiger partial charge in [0.1, 0.15) is 18.2 Å². The van der Waals surface area contributed by atoms with E-state index in [9.17, 15) is 29.1 Å². The maximum atomic E-state index is 12.2. The molecule has 41 heavy (non-hydrogen) atoms. The number of likely N-dealkylation sites (tertiary alicyclic amines) is 1. The summed E-state index contributed by atoms with van der Waals surface area (Å²) in [4.78, 5) is 61.4. The van der Waals surface area contributed by atoms with Gasteiger partial charge in [-0.1, -0.05) is 49.6 Å². The van der Waals surface area contributed by atoms with Gasteiger partial charge in [0.25, 0.3) is 0 Å². The molecule has 1 aliphatic rings. The Labute approximate surface area is 241 Å². The molecule has 0 aromatic heterocycles. The van der Waals surface area contributed by atoms with E-state index in [2.05, 4.69) is 16.0 Å². The maximum absolute atomic E-state index is 12.2. The van der Waals surface area contributed by atoms with Crippen LogP contribution >= 0.6 is 0 Å². The van der Waals surface area contributed by atoms with E-state index in [0.29, 0.717) is 25.4 Å². The van der Waals surface area contributed by atoms with Crippen LogP contribution in [0.3, 0.4) is 0 Å². The molecule has 4 N–H and O–H groups in total. The molecule has 1 heterocycles. The second kappa shape index (κ2) is 17.1. The number of carboxylic acids is 1. The van der Waals surface area contributed by atoms with Crippen LogP contribution in [0.2, 0.25) is 0 Å². The molecule has 1 aliphatic heterocycles. The fraction of sp³-hybridized carbons (Fsp3) is 0.621. The Morgan fingerprint density at radius 2 is 1.66 bits per heavy atom. The van der Waals surface area contributed by atoms with Crippen molar-refractivity contribution in [2.75, 3.05) is 26.2 Å². The molecule has 1 fully saturated rings. The van der Waals surface area contributed by atoms with Crippen molar-refractivity contribution < 1.29 is 38.6 Å². The number of amides is 4. The highest BCUT2D eigenvalue weighted by atomic mass is 16.6. The normalized spacial score (nSPS) is 14.5. The molecular weight excluding hydrogens is 532 g/mol. The number of benzene rings is 1. The predicted octanol–water partition coefficient (Wildman–Crippen LogP) is 3.20. The van der Waals surface area contributed by atoms with Gasteiger partial charge in [-0.05, 0) is 51.5 Å². The van der Waals surface area contributed by atoms with Crippen molar-refractivity contribution in [1.82, 2.24) is 20.9 Å². The van der Waals surface area contributed by atoms with Crippen LogP contribution in [-0.4, -0.2) is 77.8 Å². The molecule has 4 amide bonds. The molecule has 1 aromatic rings. The van der Waals surface area contributed by atoms with Crippen molar-refractivity contribution in [3.63, 3.8) is 0 Å². The number of piperidine rings is 1. The van der Waals surface area contributed by atoms with Gasteiger partial charge in [0.15, 0.2) is 0 Å². The highest BCUT2D eigenvalue weighted by Gasteiger charge is 2.26. The monoisotopic (exact) mass is 576 g/mol. The molecule has 0 aliphatic carbocycles. The third kappa shape index (κ3) is 14.4. The zero-order valence-corrected chi connectivity index (χ0v) is 24.3. The van der Waals surface area contributed by atoms with Crippen molar-refractivity contribution in [2.45, 2.75) is 84.0 Å². The lowest BCUT2D eigenvalue weighted by Gasteiger charge is -2.33. The van der Waals surface area contributed by atoms with E-state index < -0.39 is 29.6 Å². The third-order valence-electron chi connectivity index (χ3n) is 6.53. The number of nitrogens with one attached hydrogen (secondary N) is 3. The zero-order valence-electron chi connectivity index (χ0n) is 24.3. The summed E-state index contributed by atoms with van der Waals surface area (Å²) < 4.78 is 10.4. The molecule has 1 saturated heterocycles. The average Bonchev–Trinajstić information content (AvgIpc) is 2.92. The summed E-state index contributed by atoms with van der Waals surface area (Å²) >= 11 is 0. The minimum absolute atomic E-state index is 0.0213. The number of hydrogen-bond acceptors (Lipinski definition) is 7. The number of unbranched alkanes of at least 4 members (excludes halogenated alkanes) is 2. The first-order valence-electron chi connectivity index (χ1n) is 14.1. The van der Waals surface area contributed by atoms with Gasteiger partial charge in [0.05, 0.1) is 6.54 Å². The van der Waals surface area contributed by atoms with Crippen molar-refractivity contribution in [3.05, 3.63) is 35.9 Å². The Kier molecular flexibility index (Phi) is 13.9. The number of rotatable bonds is 14. The van der Waals surface area contributed by atoms with Crippen LogP contribution in [0.5, 0.6) is 0 Å². The number of carboxylic acid groups (broad SMARTS) is 1. The summed E-state index contributed by atoms with van der Waals surface area (Å²) in [5, 5.41) is 16.4. The molecular formula is C29H44N4O8. The van der Waals surface area contributed by atoms with Crippen molar-refractivity contribution in [2.24, 2.45) is 5.92 Å². The minimum atomic E-state index is -1.39. The number of ether oxygens (including phenoxy) is 2. The standard InChI is InChI=1S/C29H44N4O8/c1-29(2,3)41-28(39)33-16-14-21(15-17-33)10-6-5-9-13-24(34)31-19-25(35)30-18-23(26(36)37)32-27(38)40-20-22-11-7-4-8-12-22/h4,7-8,11-12,21,23H,5-6,9-10,13-20H2,1-3H3,(H,30,35)(H,31,34)(H,32,38)(H,36,37)/t23-/m0/s1. The van der Waals surface area contributed by atoms with Crippen LogP contribution in [-0.2, 0) is 30.5 Å². The van der Waals surface area contributed by atoms with Crippen molar-refractivity contribution >= 4 is 30.0 Å². The molecule has 1 atom stereocenters. The molecule has 0 bridgehead atoms. The van der Waals surface area contributed by atoms with Crippen LogP contribution in [0.25, 0.3) is 0 Å². The highest BCUT2D eigenvalue weighted by molar-refractivity contribution is 5.85. The summed E-state index contributed by atoms with van der Waals surface area (Å²) in [6, 6.07) is 7.52. The SMILES string of the molecule is CC(C)(C)OC(=O)N1CCC(CCCCCC(=O)NCC(=O)NC[C@H](NC(=O)OCc2ccccc2)C(=O)O)CC1. The van der Waals surface area contributed by atoms with Crippen LogP contribution in [0, 0.1) is 5.92 Å². The van der Waals surface area contributed by atoms with Crippen LogP contribution in [0.1, 0.15) is 71.3 Å². The van der Waals surface area contributed by atoms with E-state index in [4.69, 9.17) is 9.47 Å². The van der Waals surface area contributed by atoms with Gasteiger partial charge in [-0.15, -0.1) is 0 Å². The van der Waals surface area contributed by atoms with Gasteiger partial charge in [0, 0.05) is 26.1 Å². The van der Waals surface area contributed by atoms with E-state index in [-0.39, 0.29) is 38.1 Å². The molecule has 0 spiro atoms. The Morgan fingerprint density at radius 3 is 2.29 bits per heavy atom. The van der Waals surface area contributed by atoms with E-state index in [1.165, 1.54) is 0 Å². The second-order valence-corrected chi connectivity index (χ2v) is 11.2. The van der Waals surface area contributed by atoms with Crippen LogP contribution in [0.15, 0.2) is 30.3 Å². The molecule has 2 rings (SSSR count). The van der Waals surface area contributed by atoms with Crippen molar-refractivity contribution in [3.8, 4) is 0 Å². The number of aliphatic carboxylic acids is 1. The van der Waals surface area contributed by atoms with Crippen molar-refractivity contribution in [1.29, 1.82) is 0 Å². The average molecular weight is 577 g/mol. The number of hydrogen-bond donors (Lipinski definition) is 4. The number of nitrogens with zero attached hydrogens (tertiary/aromatic N) is 1. The van der Waals surface area contributed by atoms with E-state index in [1.807, 2.05) is 26.8 Å². The minimum Gasteiger partial charge on any atom is -0.480 e. The van der Waals surface area contributed by atoms with Crippen LogP contribution in [0.4, 0.5) is 9.59 Å². The molecule has 12 nitrogen and oxygen atoms in total. The molecule has 12 heteroatoms. The van der Waals surface area contributed by atoms with Gasteiger partial charge in [0.2, 0.25) is 11.8 Å². The summed E-state index contributed by atoms with van der Waals surface area (Å²) in [6.07, 6.45) is 4.62. The summed E-state index contributed by atoms with van der Waals surface area (Å²) in [6.45, 7) is 6.30. The zero-order chi connectivity index (χ0) is 30.3. The smallest absolute Gasteiger partial charge is 0.410 e. The molecule has 228 valence electrons. The van der Waals surface area contributed by atoms with E-state index in [1.54, 1.807) is 29.2 Å². The quantitative estimate of drug-likeness (QED) is 0.245. The fourth-order valence-corrected chi connectivity index (χ4v) is 4.28. The van der Waals surface area contributed by atoms with Gasteiger partial charge < -0.3 is 35.4 Å². The maximum Gasteiger partial charge on any atom is 0.410 e. The van der Waals surface area contributed by atoms with Crippen LogP contribution < -0.4 is 16.0 Å². The summed E-state index contributed by atoms with van der Waals surface area (Å²) in [5.41, 5.74) is 0.251. The number of carbonyl (C=O) groups excluding carboxylic acids is 4. The van der Waals surface area contributed by atoms with E-state index >= 15 is 0 Å². The number of alkyl carbamates (subject to hydrolysis) is 1. The summed E-state index contributed by atoms with van der Waals surface area (Å²) in [5.74, 6) is -1.61. The first-order chi connectivity index (χ1) is 19.4. The predicted molar refractivity (Wildman–Crippen MR) is 151 cm³/mol. The molecule has 0 saturated carbocycles. The molecule has 1 aromatic carbocycles. The first-order valence-corrected chi connectivity index (χ1v) is 14.1. The first kappa shape index (κ1) is 33.4. The van der Waals surface area contributed by atoms with Gasteiger partial charge >= 0.3 is 18.2 Å². The fourth-order valence-electron chi connectivity index (χ4n) is 4.28. The third-order valence-corrected chi connectivity index (χ3v) is 6.53. The Morgan fingerprint density at radius 1 is 0.976 bits per heavy atom. The lowest BCUT2D eigenvalue weighted by Crippen LogP contribution is -2.50. The number of carbonyl (C=O) groups is 5. The highest BCUT2D eigenvalue weighted by Crippen LogP contribution is 2.24. The molecule has 0 unspecified atom stereocenters. The second-order valence-electron chi connectivity index (χ2n) is 11.2. The van der Waals surface area contributed by atoms with Gasteiger partial charge in [-0.3, -0.25) is 9.59 Å². The Balaban J connectivity index is 1.53. The lowest BCUT2D eigenvalue weighted by molar-refractivity contribution is -0.139. The van der Waals surface area contributed by atoms with Gasteiger partial charge in [-0.2, -0.15) is 0 Å².